The molecule has 1 N–H and O–H groups in total. The molecule has 2 heterocycles. The smallest absolute Gasteiger partial charge is 0.422 e. The number of hydrogen-bond donors (Lipinski definition) is 1. The lowest BCUT2D eigenvalue weighted by Crippen LogP contribution is -2.42. The average molecular weight is 467 g/mol. The molecule has 11 heteroatoms. The molecule has 0 aromatic heterocycles. The van der Waals surface area contributed by atoms with Gasteiger partial charge in [-0.25, -0.2) is 4.79 Å². The maximum atomic E-state index is 12.5. The standard InChI is InChI=1S/C17H18BrF3N2O5/c18-11-7-13-14(27-6-5-26-13)8-12(11)22-15(24)10-1-3-23(4-2-10)16(25)28-9-17(19,20)21/h7-8,10H,1-6,9H2,(H,22,24). The number of halogens is 4. The van der Waals surface area contributed by atoms with Crippen LogP contribution in [0.25, 0.3) is 0 Å². The zero-order valence-electron chi connectivity index (χ0n) is 14.7. The summed E-state index contributed by atoms with van der Waals surface area (Å²) < 4.78 is 52.2. The SMILES string of the molecule is O=C(Nc1cc2c(cc1Br)OCCO2)C1CCN(C(=O)OCC(F)(F)F)CC1. The van der Waals surface area contributed by atoms with Crippen molar-refractivity contribution in [1.29, 1.82) is 0 Å². The summed E-state index contributed by atoms with van der Waals surface area (Å²) in [7, 11) is 0. The van der Waals surface area contributed by atoms with Crippen molar-refractivity contribution in [2.45, 2.75) is 19.0 Å². The number of benzene rings is 1. The van der Waals surface area contributed by atoms with Crippen molar-refractivity contribution >= 4 is 33.6 Å². The van der Waals surface area contributed by atoms with Crippen LogP contribution in [0.4, 0.5) is 23.7 Å². The van der Waals surface area contributed by atoms with Gasteiger partial charge in [-0.1, -0.05) is 0 Å². The number of carbonyl (C=O) groups is 2. The third-order valence-corrected chi connectivity index (χ3v) is 5.03. The number of amides is 2. The Kier molecular flexibility index (Phi) is 6.21. The normalized spacial score (nSPS) is 17.2. The second-order valence-electron chi connectivity index (χ2n) is 6.40. The van der Waals surface area contributed by atoms with Crippen molar-refractivity contribution in [3.05, 3.63) is 16.6 Å². The van der Waals surface area contributed by atoms with Gasteiger partial charge in [-0.3, -0.25) is 4.79 Å². The molecule has 28 heavy (non-hydrogen) atoms. The van der Waals surface area contributed by atoms with Crippen molar-refractivity contribution in [1.82, 2.24) is 4.90 Å². The zero-order valence-corrected chi connectivity index (χ0v) is 16.3. The average Bonchev–Trinajstić information content (AvgIpc) is 2.66. The fourth-order valence-corrected chi connectivity index (χ4v) is 3.38. The number of carbonyl (C=O) groups excluding carboxylic acids is 2. The van der Waals surface area contributed by atoms with Gasteiger partial charge in [-0.05, 0) is 28.8 Å². The zero-order chi connectivity index (χ0) is 20.3. The first-order valence-corrected chi connectivity index (χ1v) is 9.41. The third-order valence-electron chi connectivity index (χ3n) is 4.37. The van der Waals surface area contributed by atoms with Crippen molar-refractivity contribution < 1.29 is 37.0 Å². The first-order valence-electron chi connectivity index (χ1n) is 8.61. The largest absolute Gasteiger partial charge is 0.486 e. The van der Waals surface area contributed by atoms with E-state index in [-0.39, 0.29) is 24.9 Å². The minimum atomic E-state index is -4.56. The number of hydrogen-bond acceptors (Lipinski definition) is 5. The van der Waals surface area contributed by atoms with E-state index >= 15 is 0 Å². The van der Waals surface area contributed by atoms with Crippen LogP contribution in [0.15, 0.2) is 16.6 Å². The van der Waals surface area contributed by atoms with E-state index < -0.39 is 18.9 Å². The number of fused-ring (bicyclic) bond motifs is 1. The van der Waals surface area contributed by atoms with Crippen molar-refractivity contribution in [2.24, 2.45) is 5.92 Å². The summed E-state index contributed by atoms with van der Waals surface area (Å²) in [5.41, 5.74) is 0.529. The van der Waals surface area contributed by atoms with Gasteiger partial charge in [0.1, 0.15) is 13.2 Å². The van der Waals surface area contributed by atoms with E-state index in [0.29, 0.717) is 47.7 Å². The molecule has 1 saturated heterocycles. The molecular weight excluding hydrogens is 449 g/mol. The predicted octanol–water partition coefficient (Wildman–Crippen LogP) is 3.57. The molecule has 7 nitrogen and oxygen atoms in total. The van der Waals surface area contributed by atoms with Crippen molar-refractivity contribution in [3.63, 3.8) is 0 Å². The Labute approximate surface area is 167 Å². The number of anilines is 1. The summed E-state index contributed by atoms with van der Waals surface area (Å²) >= 11 is 3.38. The van der Waals surface area contributed by atoms with Gasteiger partial charge < -0.3 is 24.4 Å². The Morgan fingerprint density at radius 1 is 1.18 bits per heavy atom. The molecule has 0 bridgehead atoms. The molecular formula is C17H18BrF3N2O5. The molecule has 0 atom stereocenters. The van der Waals surface area contributed by atoms with Crippen LogP contribution < -0.4 is 14.8 Å². The molecule has 2 aliphatic heterocycles. The summed E-state index contributed by atoms with van der Waals surface area (Å²) in [6, 6.07) is 3.38. The summed E-state index contributed by atoms with van der Waals surface area (Å²) in [5.74, 6) is 0.515. The molecule has 0 unspecified atom stereocenters. The fourth-order valence-electron chi connectivity index (χ4n) is 2.95. The maximum Gasteiger partial charge on any atom is 0.422 e. The maximum absolute atomic E-state index is 12.5. The van der Waals surface area contributed by atoms with Gasteiger partial charge in [0, 0.05) is 35.6 Å². The molecule has 1 aromatic rings. The highest BCUT2D eigenvalue weighted by Crippen LogP contribution is 2.38. The highest BCUT2D eigenvalue weighted by atomic mass is 79.9. The van der Waals surface area contributed by atoms with E-state index in [1.807, 2.05) is 0 Å². The van der Waals surface area contributed by atoms with Gasteiger partial charge in [0.25, 0.3) is 0 Å². The van der Waals surface area contributed by atoms with Gasteiger partial charge in [-0.2, -0.15) is 13.2 Å². The van der Waals surface area contributed by atoms with Gasteiger partial charge in [0.15, 0.2) is 18.1 Å². The molecule has 154 valence electrons. The van der Waals surface area contributed by atoms with E-state index in [2.05, 4.69) is 26.0 Å². The lowest BCUT2D eigenvalue weighted by molar-refractivity contribution is -0.162. The second kappa shape index (κ2) is 8.46. The quantitative estimate of drug-likeness (QED) is 0.736. The van der Waals surface area contributed by atoms with Crippen LogP contribution in [0.1, 0.15) is 12.8 Å². The Hall–Kier alpha value is -2.17. The van der Waals surface area contributed by atoms with E-state index in [1.165, 1.54) is 4.90 Å². The molecule has 0 aliphatic carbocycles. The third kappa shape index (κ3) is 5.21. The summed E-state index contributed by atoms with van der Waals surface area (Å²) in [6.45, 7) is -0.446. The summed E-state index contributed by atoms with van der Waals surface area (Å²) in [5, 5.41) is 2.81. The summed E-state index contributed by atoms with van der Waals surface area (Å²) in [4.78, 5) is 25.4. The van der Waals surface area contributed by atoms with Crippen LogP contribution >= 0.6 is 15.9 Å². The highest BCUT2D eigenvalue weighted by molar-refractivity contribution is 9.10. The van der Waals surface area contributed by atoms with E-state index in [4.69, 9.17) is 9.47 Å². The Balaban J connectivity index is 1.52. The Morgan fingerprint density at radius 3 is 2.39 bits per heavy atom. The lowest BCUT2D eigenvalue weighted by atomic mass is 9.96. The van der Waals surface area contributed by atoms with Crippen LogP contribution in [-0.4, -0.2) is 56.0 Å². The monoisotopic (exact) mass is 466 g/mol. The molecule has 0 spiro atoms. The lowest BCUT2D eigenvalue weighted by Gasteiger charge is -2.30. The Bertz CT molecular complexity index is 751. The first kappa shape index (κ1) is 20.6. The number of piperidine rings is 1. The van der Waals surface area contributed by atoms with Crippen LogP contribution in [-0.2, 0) is 9.53 Å². The van der Waals surface area contributed by atoms with Gasteiger partial charge in [0.05, 0.1) is 5.69 Å². The van der Waals surface area contributed by atoms with Gasteiger partial charge in [-0.15, -0.1) is 0 Å². The van der Waals surface area contributed by atoms with Gasteiger partial charge >= 0.3 is 12.3 Å². The van der Waals surface area contributed by atoms with Gasteiger partial charge in [0.2, 0.25) is 5.91 Å². The number of alkyl halides is 3. The van der Waals surface area contributed by atoms with Crippen molar-refractivity contribution in [3.8, 4) is 11.5 Å². The van der Waals surface area contributed by atoms with E-state index in [9.17, 15) is 22.8 Å². The van der Waals surface area contributed by atoms with Crippen LogP contribution in [0.5, 0.6) is 11.5 Å². The highest BCUT2D eigenvalue weighted by Gasteiger charge is 2.33. The van der Waals surface area contributed by atoms with Crippen LogP contribution in [0.3, 0.4) is 0 Å². The van der Waals surface area contributed by atoms with Crippen molar-refractivity contribution in [2.75, 3.05) is 38.2 Å². The minimum Gasteiger partial charge on any atom is -0.486 e. The second-order valence-corrected chi connectivity index (χ2v) is 7.25. The van der Waals surface area contributed by atoms with Crippen LogP contribution in [0, 0.1) is 5.92 Å². The number of nitrogens with zero attached hydrogens (tertiary/aromatic N) is 1. The number of nitrogens with one attached hydrogen (secondary N) is 1. The molecule has 0 radical (unpaired) electrons. The first-order chi connectivity index (χ1) is 13.2. The number of rotatable bonds is 3. The number of likely N-dealkylation sites (tertiary alicyclic amines) is 1. The molecule has 2 aliphatic rings. The molecule has 1 fully saturated rings. The molecule has 3 rings (SSSR count). The fraction of sp³-hybridized carbons (Fsp3) is 0.529. The molecule has 2 amide bonds. The van der Waals surface area contributed by atoms with E-state index in [1.54, 1.807) is 12.1 Å². The minimum absolute atomic E-state index is 0.150. The Morgan fingerprint density at radius 2 is 1.79 bits per heavy atom. The molecule has 0 saturated carbocycles. The van der Waals surface area contributed by atoms with E-state index in [0.717, 1.165) is 0 Å². The predicted molar refractivity (Wildman–Crippen MR) is 95.5 cm³/mol. The number of ether oxygens (including phenoxy) is 3. The van der Waals surface area contributed by atoms with Crippen LogP contribution in [0.2, 0.25) is 0 Å². The topological polar surface area (TPSA) is 77.1 Å². The summed E-state index contributed by atoms with van der Waals surface area (Å²) in [6.07, 6.45) is -4.93. The molecule has 1 aromatic carbocycles.